The first-order valence-corrected chi connectivity index (χ1v) is 10.8. The van der Waals surface area contributed by atoms with Crippen molar-refractivity contribution in [2.75, 3.05) is 44.9 Å². The van der Waals surface area contributed by atoms with Gasteiger partial charge in [0.1, 0.15) is 5.75 Å². The van der Waals surface area contributed by atoms with Gasteiger partial charge in [0, 0.05) is 37.5 Å². The molecule has 2 saturated heterocycles. The van der Waals surface area contributed by atoms with E-state index in [4.69, 9.17) is 19.4 Å². The van der Waals surface area contributed by atoms with E-state index >= 15 is 0 Å². The number of likely N-dealkylation sites (tertiary alicyclic amines) is 1. The Bertz CT molecular complexity index is 864. The maximum atomic E-state index is 12.2. The zero-order valence-electron chi connectivity index (χ0n) is 16.0. The van der Waals surface area contributed by atoms with E-state index in [2.05, 4.69) is 4.98 Å². The van der Waals surface area contributed by atoms with Crippen LogP contribution in [0.5, 0.6) is 5.88 Å². The largest absolute Gasteiger partial charge is 0.490 e. The Morgan fingerprint density at radius 1 is 1.40 bits per heavy atom. The van der Waals surface area contributed by atoms with Gasteiger partial charge in [-0.25, -0.2) is 18.2 Å². The van der Waals surface area contributed by atoms with Gasteiger partial charge in [0.15, 0.2) is 9.84 Å². The molecule has 3 rings (SSSR count). The third-order valence-electron chi connectivity index (χ3n) is 4.65. The van der Waals surface area contributed by atoms with E-state index in [1.54, 1.807) is 17.2 Å². The van der Waals surface area contributed by atoms with E-state index in [0.29, 0.717) is 38.8 Å². The van der Waals surface area contributed by atoms with Crippen molar-refractivity contribution in [1.82, 2.24) is 9.88 Å². The standard InChI is InChI=1S/C15H20N2O5S.C2HF3O2/c1-23(19,20)8-14(18)17-6-12-7-21-10-15(12,9-17)11-22-13-4-2-3-5-16-13;3-2(4,5)1(6)7/h2-5,12H,6-11H2,1H3;(H,6,7)/t12-,15+;/m1./s1. The molecule has 1 N–H and O–H groups in total. The Kier molecular flexibility index (Phi) is 7.29. The summed E-state index contributed by atoms with van der Waals surface area (Å²) in [6.07, 6.45) is -2.35. The van der Waals surface area contributed by atoms with Crippen LogP contribution in [0.4, 0.5) is 13.2 Å². The van der Waals surface area contributed by atoms with E-state index in [0.717, 1.165) is 6.26 Å². The Hall–Kier alpha value is -2.41. The van der Waals surface area contributed by atoms with Gasteiger partial charge in [0.25, 0.3) is 0 Å². The molecule has 2 aliphatic heterocycles. The molecule has 0 bridgehead atoms. The summed E-state index contributed by atoms with van der Waals surface area (Å²) in [4.78, 5) is 26.8. The number of pyridine rings is 1. The van der Waals surface area contributed by atoms with Crippen LogP contribution in [0.25, 0.3) is 0 Å². The summed E-state index contributed by atoms with van der Waals surface area (Å²) in [5, 5.41) is 7.12. The van der Waals surface area contributed by atoms with E-state index in [1.165, 1.54) is 0 Å². The van der Waals surface area contributed by atoms with Gasteiger partial charge in [-0.15, -0.1) is 0 Å². The topological polar surface area (TPSA) is 123 Å². The third-order valence-corrected chi connectivity index (χ3v) is 5.42. The fraction of sp³-hybridized carbons (Fsp3) is 0.588. The van der Waals surface area contributed by atoms with Crippen LogP contribution >= 0.6 is 0 Å². The van der Waals surface area contributed by atoms with Crippen molar-refractivity contribution >= 4 is 21.7 Å². The number of aliphatic carboxylic acids is 1. The highest BCUT2D eigenvalue weighted by Gasteiger charge is 2.52. The Morgan fingerprint density at radius 3 is 2.60 bits per heavy atom. The van der Waals surface area contributed by atoms with Crippen molar-refractivity contribution in [3.63, 3.8) is 0 Å². The molecule has 2 atom stereocenters. The summed E-state index contributed by atoms with van der Waals surface area (Å²) < 4.78 is 65.7. The monoisotopic (exact) mass is 454 g/mol. The molecular formula is C17H21F3N2O7S. The number of carbonyl (C=O) groups is 2. The maximum Gasteiger partial charge on any atom is 0.490 e. The second-order valence-electron chi connectivity index (χ2n) is 7.18. The molecule has 2 aliphatic rings. The molecule has 30 heavy (non-hydrogen) atoms. The molecule has 0 aliphatic carbocycles. The minimum atomic E-state index is -5.08. The molecule has 0 aromatic carbocycles. The van der Waals surface area contributed by atoms with Gasteiger partial charge in [0.2, 0.25) is 11.8 Å². The molecule has 1 aromatic heterocycles. The number of nitrogens with zero attached hydrogens (tertiary/aromatic N) is 2. The number of carboxylic acids is 1. The lowest BCUT2D eigenvalue weighted by molar-refractivity contribution is -0.192. The Labute approximate surface area is 170 Å². The summed E-state index contributed by atoms with van der Waals surface area (Å²) in [7, 11) is -3.32. The average molecular weight is 454 g/mol. The molecule has 0 radical (unpaired) electrons. The highest BCUT2D eigenvalue weighted by atomic mass is 32.2. The van der Waals surface area contributed by atoms with Crippen LogP contribution in [0.1, 0.15) is 0 Å². The van der Waals surface area contributed by atoms with Gasteiger partial charge >= 0.3 is 12.1 Å². The van der Waals surface area contributed by atoms with Gasteiger partial charge in [0.05, 0.1) is 25.2 Å². The van der Waals surface area contributed by atoms with Crippen molar-refractivity contribution < 1.29 is 45.8 Å². The Morgan fingerprint density at radius 2 is 2.07 bits per heavy atom. The third kappa shape index (κ3) is 6.55. The van der Waals surface area contributed by atoms with Gasteiger partial charge in [-0.3, -0.25) is 4.79 Å². The molecule has 168 valence electrons. The van der Waals surface area contributed by atoms with Crippen molar-refractivity contribution in [3.05, 3.63) is 24.4 Å². The highest BCUT2D eigenvalue weighted by Crippen LogP contribution is 2.41. The lowest BCUT2D eigenvalue weighted by atomic mass is 9.82. The molecule has 0 saturated carbocycles. The first kappa shape index (κ1) is 23.9. The fourth-order valence-corrected chi connectivity index (χ4v) is 3.82. The number of carboxylic acid groups (broad SMARTS) is 1. The summed E-state index contributed by atoms with van der Waals surface area (Å²) >= 11 is 0. The normalized spacial score (nSPS) is 23.3. The fourth-order valence-electron chi connectivity index (χ4n) is 3.19. The molecule has 1 amide bonds. The van der Waals surface area contributed by atoms with Crippen LogP contribution in [0.3, 0.4) is 0 Å². The number of sulfone groups is 1. The molecule has 0 unspecified atom stereocenters. The minimum absolute atomic E-state index is 0.162. The Balaban J connectivity index is 0.000000396. The molecule has 1 aromatic rings. The van der Waals surface area contributed by atoms with Gasteiger partial charge < -0.3 is 19.5 Å². The van der Waals surface area contributed by atoms with E-state index < -0.39 is 27.7 Å². The van der Waals surface area contributed by atoms with Crippen LogP contribution < -0.4 is 4.74 Å². The van der Waals surface area contributed by atoms with Gasteiger partial charge in [-0.1, -0.05) is 6.07 Å². The summed E-state index contributed by atoms with van der Waals surface area (Å²) in [6.45, 7) is 2.44. The lowest BCUT2D eigenvalue weighted by Crippen LogP contribution is -2.39. The lowest BCUT2D eigenvalue weighted by Gasteiger charge is -2.26. The van der Waals surface area contributed by atoms with Gasteiger partial charge in [-0.2, -0.15) is 13.2 Å². The predicted molar refractivity (Wildman–Crippen MR) is 96.5 cm³/mol. The van der Waals surface area contributed by atoms with Crippen molar-refractivity contribution in [1.29, 1.82) is 0 Å². The van der Waals surface area contributed by atoms with Crippen LogP contribution in [-0.4, -0.2) is 86.4 Å². The second kappa shape index (κ2) is 9.16. The number of hydrogen-bond donors (Lipinski definition) is 1. The van der Waals surface area contributed by atoms with Crippen LogP contribution in [0, 0.1) is 11.3 Å². The average Bonchev–Trinajstić information content (AvgIpc) is 3.16. The predicted octanol–water partition coefficient (Wildman–Crippen LogP) is 0.613. The summed E-state index contributed by atoms with van der Waals surface area (Å²) in [6, 6.07) is 5.44. The van der Waals surface area contributed by atoms with Crippen molar-refractivity contribution in [3.8, 4) is 5.88 Å². The molecule has 13 heteroatoms. The molecule has 0 spiro atoms. The van der Waals surface area contributed by atoms with Crippen LogP contribution in [-0.2, 0) is 24.2 Å². The number of fused-ring (bicyclic) bond motifs is 1. The van der Waals surface area contributed by atoms with Crippen LogP contribution in [0.15, 0.2) is 24.4 Å². The maximum absolute atomic E-state index is 12.2. The second-order valence-corrected chi connectivity index (χ2v) is 9.32. The number of carbonyl (C=O) groups excluding carboxylic acids is 1. The minimum Gasteiger partial charge on any atom is -0.477 e. The number of alkyl halides is 3. The first-order chi connectivity index (χ1) is 13.8. The SMILES string of the molecule is CS(=O)(=O)CC(=O)N1C[C@@H]2COC[C@]2(COc2ccccn2)C1.O=C(O)C(F)(F)F. The highest BCUT2D eigenvalue weighted by molar-refractivity contribution is 7.91. The number of halogens is 3. The smallest absolute Gasteiger partial charge is 0.477 e. The van der Waals surface area contributed by atoms with Crippen LogP contribution in [0.2, 0.25) is 0 Å². The quantitative estimate of drug-likeness (QED) is 0.687. The van der Waals surface area contributed by atoms with E-state index in [1.807, 2.05) is 12.1 Å². The zero-order chi connectivity index (χ0) is 22.6. The number of hydrogen-bond acceptors (Lipinski definition) is 7. The number of aromatic nitrogens is 1. The molecule has 2 fully saturated rings. The van der Waals surface area contributed by atoms with E-state index in [9.17, 15) is 26.4 Å². The first-order valence-electron chi connectivity index (χ1n) is 8.70. The number of rotatable bonds is 5. The molecule has 9 nitrogen and oxygen atoms in total. The number of ether oxygens (including phenoxy) is 2. The zero-order valence-corrected chi connectivity index (χ0v) is 16.8. The molecule has 3 heterocycles. The van der Waals surface area contributed by atoms with Crippen molar-refractivity contribution in [2.45, 2.75) is 6.18 Å². The summed E-state index contributed by atoms with van der Waals surface area (Å²) in [5.41, 5.74) is -0.287. The van der Waals surface area contributed by atoms with Crippen molar-refractivity contribution in [2.24, 2.45) is 11.3 Å². The number of amides is 1. The van der Waals surface area contributed by atoms with Gasteiger partial charge in [-0.05, 0) is 6.07 Å². The summed E-state index contributed by atoms with van der Waals surface area (Å²) in [5.74, 6) is -2.85. The molecular weight excluding hydrogens is 433 g/mol. The van der Waals surface area contributed by atoms with E-state index in [-0.39, 0.29) is 17.2 Å².